The SMILES string of the molecule is Cc1ccc(S(=O)(=O)[N-]N=C2C=CC3(C=C2)CCCCCC3)cc1.[Li+]. The summed E-state index contributed by atoms with van der Waals surface area (Å²) in [6.07, 6.45) is 15.6. The molecule has 0 aliphatic heterocycles. The quantitative estimate of drug-likeness (QED) is 0.617. The summed E-state index contributed by atoms with van der Waals surface area (Å²) >= 11 is 0. The summed E-state index contributed by atoms with van der Waals surface area (Å²) in [6, 6.07) is 6.63. The molecule has 1 fully saturated rings. The van der Waals surface area contributed by atoms with Crippen molar-refractivity contribution in [3.63, 3.8) is 0 Å². The molecule has 1 saturated carbocycles. The van der Waals surface area contributed by atoms with Gasteiger partial charge in [0.25, 0.3) is 0 Å². The van der Waals surface area contributed by atoms with E-state index in [0.29, 0.717) is 5.71 Å². The van der Waals surface area contributed by atoms with E-state index < -0.39 is 10.0 Å². The molecule has 0 aromatic heterocycles. The topological polar surface area (TPSA) is 60.6 Å². The number of hydrogen-bond donors (Lipinski definition) is 0. The minimum Gasteiger partial charge on any atom is -0.490 e. The number of nitrogens with zero attached hydrogens (tertiary/aromatic N) is 2. The van der Waals surface area contributed by atoms with Crippen LogP contribution >= 0.6 is 0 Å². The van der Waals surface area contributed by atoms with Crippen LogP contribution in [-0.2, 0) is 10.0 Å². The van der Waals surface area contributed by atoms with Gasteiger partial charge in [0.1, 0.15) is 10.0 Å². The molecule has 0 heterocycles. The summed E-state index contributed by atoms with van der Waals surface area (Å²) in [4.78, 5) is 3.76. The molecule has 3 rings (SSSR count). The fourth-order valence-corrected chi connectivity index (χ4v) is 4.03. The Morgan fingerprint density at radius 1 is 0.960 bits per heavy atom. The van der Waals surface area contributed by atoms with Gasteiger partial charge in [-0.2, -0.15) is 0 Å². The van der Waals surface area contributed by atoms with Crippen molar-refractivity contribution in [2.45, 2.75) is 50.3 Å². The molecular formula is C19H23LiN2O2S. The molecule has 4 nitrogen and oxygen atoms in total. The summed E-state index contributed by atoms with van der Waals surface area (Å²) in [5.41, 5.74) is 1.72. The molecule has 1 spiro atoms. The van der Waals surface area contributed by atoms with Crippen LogP contribution in [0.5, 0.6) is 0 Å². The summed E-state index contributed by atoms with van der Waals surface area (Å²) in [5, 5.41) is 3.94. The Hall–Kier alpha value is -1.28. The number of sulfonamides is 1. The normalized spacial score (nSPS) is 19.2. The molecule has 128 valence electrons. The van der Waals surface area contributed by atoms with E-state index in [9.17, 15) is 8.42 Å². The maximum atomic E-state index is 12.2. The van der Waals surface area contributed by atoms with E-state index in [1.165, 1.54) is 25.7 Å². The average molecular weight is 350 g/mol. The molecule has 0 atom stereocenters. The molecule has 25 heavy (non-hydrogen) atoms. The number of rotatable bonds is 3. The van der Waals surface area contributed by atoms with Crippen molar-refractivity contribution in [1.29, 1.82) is 0 Å². The summed E-state index contributed by atoms with van der Waals surface area (Å²) in [7, 11) is -3.75. The number of hydrogen-bond acceptors (Lipinski definition) is 3. The zero-order valence-corrected chi connectivity index (χ0v) is 15.8. The van der Waals surface area contributed by atoms with Gasteiger partial charge in [-0.05, 0) is 44.1 Å². The Morgan fingerprint density at radius 3 is 2.08 bits per heavy atom. The first-order chi connectivity index (χ1) is 11.5. The molecule has 1 aromatic rings. The van der Waals surface area contributed by atoms with E-state index in [0.717, 1.165) is 18.4 Å². The molecule has 0 amide bonds. The van der Waals surface area contributed by atoms with Crippen molar-refractivity contribution in [1.82, 2.24) is 0 Å². The van der Waals surface area contributed by atoms with E-state index in [4.69, 9.17) is 0 Å². The van der Waals surface area contributed by atoms with Gasteiger partial charge in [0.15, 0.2) is 0 Å². The minimum absolute atomic E-state index is 0. The van der Waals surface area contributed by atoms with Crippen LogP contribution in [0.1, 0.15) is 44.1 Å². The van der Waals surface area contributed by atoms with Crippen LogP contribution in [0.2, 0.25) is 0 Å². The van der Waals surface area contributed by atoms with Gasteiger partial charge >= 0.3 is 18.9 Å². The first-order valence-corrected chi connectivity index (χ1v) is 9.93. The Bertz CT molecular complexity index is 754. The van der Waals surface area contributed by atoms with Crippen LogP contribution in [0.15, 0.2) is 58.6 Å². The zero-order chi connectivity index (χ0) is 17.0. The zero-order valence-electron chi connectivity index (χ0n) is 15.0. The third-order valence-corrected chi connectivity index (χ3v) is 5.95. The molecule has 0 unspecified atom stereocenters. The largest absolute Gasteiger partial charge is 1.00 e. The van der Waals surface area contributed by atoms with Gasteiger partial charge in [0.2, 0.25) is 0 Å². The molecule has 0 bridgehead atoms. The Kier molecular flexibility index (Phi) is 6.73. The third kappa shape index (κ3) is 5.10. The van der Waals surface area contributed by atoms with Crippen molar-refractivity contribution in [2.24, 2.45) is 10.5 Å². The van der Waals surface area contributed by atoms with Crippen molar-refractivity contribution in [3.8, 4) is 0 Å². The second kappa shape index (κ2) is 8.40. The fraction of sp³-hybridized carbons (Fsp3) is 0.421. The van der Waals surface area contributed by atoms with E-state index in [1.54, 1.807) is 24.3 Å². The molecular weight excluding hydrogens is 327 g/mol. The van der Waals surface area contributed by atoms with E-state index in [2.05, 4.69) is 22.1 Å². The predicted octanol–water partition coefficient (Wildman–Crippen LogP) is 1.88. The molecule has 1 aromatic carbocycles. The van der Waals surface area contributed by atoms with Gasteiger partial charge in [-0.15, -0.1) is 0 Å². The Balaban J connectivity index is 0.00000225. The van der Waals surface area contributed by atoms with Gasteiger partial charge < -0.3 is 9.93 Å². The molecule has 0 radical (unpaired) electrons. The van der Waals surface area contributed by atoms with Crippen LogP contribution in [0.3, 0.4) is 0 Å². The molecule has 2 aliphatic rings. The van der Waals surface area contributed by atoms with Gasteiger partial charge in [-0.25, -0.2) is 8.42 Å². The number of benzene rings is 1. The molecule has 6 heteroatoms. The van der Waals surface area contributed by atoms with E-state index in [-0.39, 0.29) is 29.2 Å². The Labute approximate surface area is 162 Å². The van der Waals surface area contributed by atoms with Crippen molar-refractivity contribution < 1.29 is 27.3 Å². The van der Waals surface area contributed by atoms with Crippen molar-refractivity contribution in [2.75, 3.05) is 0 Å². The molecule has 0 saturated heterocycles. The first kappa shape index (κ1) is 20.0. The summed E-state index contributed by atoms with van der Waals surface area (Å²) in [5.74, 6) is 0. The van der Waals surface area contributed by atoms with Gasteiger partial charge in [0, 0.05) is 11.1 Å². The van der Waals surface area contributed by atoms with Crippen molar-refractivity contribution in [3.05, 3.63) is 59.0 Å². The van der Waals surface area contributed by atoms with Crippen molar-refractivity contribution >= 4 is 15.7 Å². The van der Waals surface area contributed by atoms with Gasteiger partial charge in [-0.3, -0.25) is 0 Å². The van der Waals surface area contributed by atoms with Crippen LogP contribution in [0.25, 0.3) is 4.83 Å². The van der Waals surface area contributed by atoms with Crippen LogP contribution < -0.4 is 18.9 Å². The Morgan fingerprint density at radius 2 is 1.52 bits per heavy atom. The maximum Gasteiger partial charge on any atom is 1.00 e. The smallest absolute Gasteiger partial charge is 0.490 e. The standard InChI is InChI=1S/C19H23N2O2S.Li/c1-16-6-8-18(9-7-16)24(22,23)21-20-17-10-14-19(15-11-17)12-4-2-3-5-13-19;/h6-11,14-15H,2-5,12-13H2,1H3;/q-1;+1. The predicted molar refractivity (Wildman–Crippen MR) is 97.6 cm³/mol. The van der Waals surface area contributed by atoms with Crippen LogP contribution in [-0.4, -0.2) is 14.1 Å². The average Bonchev–Trinajstić information content (AvgIpc) is 2.81. The van der Waals surface area contributed by atoms with E-state index in [1.807, 2.05) is 19.1 Å². The number of allylic oxidation sites excluding steroid dienone is 4. The monoisotopic (exact) mass is 350 g/mol. The maximum absolute atomic E-state index is 12.2. The number of aryl methyl sites for hydroxylation is 1. The molecule has 2 aliphatic carbocycles. The minimum atomic E-state index is -3.75. The first-order valence-electron chi connectivity index (χ1n) is 8.49. The third-order valence-electron chi connectivity index (χ3n) is 4.79. The second-order valence-electron chi connectivity index (χ2n) is 6.71. The summed E-state index contributed by atoms with van der Waals surface area (Å²) in [6.45, 7) is 1.91. The second-order valence-corrected chi connectivity index (χ2v) is 8.29. The van der Waals surface area contributed by atoms with Crippen LogP contribution in [0, 0.1) is 12.3 Å². The fourth-order valence-electron chi connectivity index (χ4n) is 3.26. The van der Waals surface area contributed by atoms with Gasteiger partial charge in [0.05, 0.1) is 4.90 Å². The summed E-state index contributed by atoms with van der Waals surface area (Å²) < 4.78 is 24.4. The van der Waals surface area contributed by atoms with E-state index >= 15 is 0 Å². The van der Waals surface area contributed by atoms with Gasteiger partial charge in [-0.1, -0.05) is 55.5 Å². The van der Waals surface area contributed by atoms with Crippen LogP contribution in [0.4, 0.5) is 0 Å². The molecule has 0 N–H and O–H groups in total.